The number of nitrogens with one attached hydrogen (secondary N) is 1. The number of hydrogen-bond donors (Lipinski definition) is 1. The third-order valence-corrected chi connectivity index (χ3v) is 4.54. The van der Waals surface area contributed by atoms with E-state index in [2.05, 4.69) is 45.3 Å². The highest BCUT2D eigenvalue weighted by Crippen LogP contribution is 2.36. The van der Waals surface area contributed by atoms with Crippen LogP contribution in [-0.2, 0) is 11.8 Å². The summed E-state index contributed by atoms with van der Waals surface area (Å²) in [5, 5.41) is 7.00. The second kappa shape index (κ2) is 4.93. The lowest BCUT2D eigenvalue weighted by Gasteiger charge is -2.43. The monoisotopic (exact) mass is 266 g/mol. The maximum atomic E-state index is 4.85. The first kappa shape index (κ1) is 14.0. The molecule has 0 unspecified atom stereocenters. The van der Waals surface area contributed by atoms with E-state index in [1.165, 1.54) is 17.1 Å². The molecule has 1 aromatic rings. The summed E-state index contributed by atoms with van der Waals surface area (Å²) < 4.78 is 0. The van der Waals surface area contributed by atoms with E-state index in [1.54, 1.807) is 0 Å². The molecular formula is C15H26N2S. The SMILES string of the molecule is CC(C)CC1(Cc2nc(C(C)(C)C)cs2)CNC1. The van der Waals surface area contributed by atoms with E-state index >= 15 is 0 Å². The van der Waals surface area contributed by atoms with Crippen LogP contribution < -0.4 is 5.32 Å². The van der Waals surface area contributed by atoms with Crippen molar-refractivity contribution < 1.29 is 0 Å². The van der Waals surface area contributed by atoms with Crippen LogP contribution in [0.3, 0.4) is 0 Å². The Kier molecular flexibility index (Phi) is 3.84. The Morgan fingerprint density at radius 3 is 2.44 bits per heavy atom. The Morgan fingerprint density at radius 2 is 2.06 bits per heavy atom. The fourth-order valence-electron chi connectivity index (χ4n) is 2.74. The van der Waals surface area contributed by atoms with Gasteiger partial charge >= 0.3 is 0 Å². The van der Waals surface area contributed by atoms with E-state index in [0.29, 0.717) is 5.41 Å². The van der Waals surface area contributed by atoms with Crippen LogP contribution in [0.15, 0.2) is 5.38 Å². The molecule has 2 nitrogen and oxygen atoms in total. The van der Waals surface area contributed by atoms with E-state index in [1.807, 2.05) is 11.3 Å². The molecule has 0 atom stereocenters. The highest BCUT2D eigenvalue weighted by Gasteiger charge is 2.38. The minimum atomic E-state index is 0.178. The molecule has 1 saturated heterocycles. The summed E-state index contributed by atoms with van der Waals surface area (Å²) >= 11 is 1.84. The van der Waals surface area contributed by atoms with Gasteiger partial charge < -0.3 is 5.32 Å². The van der Waals surface area contributed by atoms with Crippen molar-refractivity contribution in [3.05, 3.63) is 16.1 Å². The molecule has 1 aromatic heterocycles. The third-order valence-electron chi connectivity index (χ3n) is 3.69. The van der Waals surface area contributed by atoms with Crippen LogP contribution in [-0.4, -0.2) is 18.1 Å². The van der Waals surface area contributed by atoms with Crippen molar-refractivity contribution in [3.63, 3.8) is 0 Å². The van der Waals surface area contributed by atoms with Crippen molar-refractivity contribution in [2.24, 2.45) is 11.3 Å². The quantitative estimate of drug-likeness (QED) is 0.900. The second-order valence-corrected chi connectivity index (χ2v) is 8.20. The number of hydrogen-bond acceptors (Lipinski definition) is 3. The van der Waals surface area contributed by atoms with Crippen LogP contribution >= 0.6 is 11.3 Å². The van der Waals surface area contributed by atoms with Crippen molar-refractivity contribution in [1.29, 1.82) is 0 Å². The summed E-state index contributed by atoms with van der Waals surface area (Å²) in [5.41, 5.74) is 1.90. The summed E-state index contributed by atoms with van der Waals surface area (Å²) in [6.07, 6.45) is 2.46. The molecule has 3 heteroatoms. The molecule has 0 spiro atoms. The van der Waals surface area contributed by atoms with Crippen LogP contribution in [0, 0.1) is 11.3 Å². The van der Waals surface area contributed by atoms with Gasteiger partial charge in [-0.25, -0.2) is 4.98 Å². The Labute approximate surface area is 115 Å². The van der Waals surface area contributed by atoms with Gasteiger partial charge in [-0.05, 0) is 12.3 Å². The minimum Gasteiger partial charge on any atom is -0.316 e. The molecule has 1 fully saturated rings. The topological polar surface area (TPSA) is 24.9 Å². The maximum Gasteiger partial charge on any atom is 0.0935 e. The first-order chi connectivity index (χ1) is 8.31. The van der Waals surface area contributed by atoms with Crippen LogP contribution in [0.25, 0.3) is 0 Å². The lowest BCUT2D eigenvalue weighted by Crippen LogP contribution is -2.55. The number of nitrogens with zero attached hydrogens (tertiary/aromatic N) is 1. The molecule has 1 N–H and O–H groups in total. The van der Waals surface area contributed by atoms with E-state index in [4.69, 9.17) is 4.98 Å². The standard InChI is InChI=1S/C15H26N2S/c1-11(2)6-15(9-16-10-15)7-13-17-12(8-18-13)14(3,4)5/h8,11,16H,6-7,9-10H2,1-5H3. The minimum absolute atomic E-state index is 0.178. The molecule has 1 aliphatic heterocycles. The molecule has 2 heterocycles. The van der Waals surface area contributed by atoms with Gasteiger partial charge in [-0.2, -0.15) is 0 Å². The van der Waals surface area contributed by atoms with Gasteiger partial charge in [0.15, 0.2) is 0 Å². The Balaban J connectivity index is 2.06. The molecule has 0 saturated carbocycles. The largest absolute Gasteiger partial charge is 0.316 e. The summed E-state index contributed by atoms with van der Waals surface area (Å²) in [7, 11) is 0. The lowest BCUT2D eigenvalue weighted by molar-refractivity contribution is 0.131. The zero-order valence-electron chi connectivity index (χ0n) is 12.3. The van der Waals surface area contributed by atoms with Crippen molar-refractivity contribution in [3.8, 4) is 0 Å². The van der Waals surface area contributed by atoms with Crippen LogP contribution in [0.2, 0.25) is 0 Å². The van der Waals surface area contributed by atoms with Gasteiger partial charge in [0.05, 0.1) is 10.7 Å². The van der Waals surface area contributed by atoms with Crippen LogP contribution in [0.1, 0.15) is 51.7 Å². The molecule has 0 aliphatic carbocycles. The summed E-state index contributed by atoms with van der Waals surface area (Å²) in [6.45, 7) is 13.7. The summed E-state index contributed by atoms with van der Waals surface area (Å²) in [5.74, 6) is 0.772. The van der Waals surface area contributed by atoms with Crippen molar-refractivity contribution in [1.82, 2.24) is 10.3 Å². The van der Waals surface area contributed by atoms with Gasteiger partial charge in [-0.15, -0.1) is 11.3 Å². The second-order valence-electron chi connectivity index (χ2n) is 7.25. The molecule has 18 heavy (non-hydrogen) atoms. The molecule has 0 radical (unpaired) electrons. The van der Waals surface area contributed by atoms with E-state index < -0.39 is 0 Å². The van der Waals surface area contributed by atoms with Gasteiger partial charge in [0, 0.05) is 35.7 Å². The van der Waals surface area contributed by atoms with E-state index in [9.17, 15) is 0 Å². The smallest absolute Gasteiger partial charge is 0.0935 e. The van der Waals surface area contributed by atoms with Gasteiger partial charge in [0.25, 0.3) is 0 Å². The number of thiazole rings is 1. The lowest BCUT2D eigenvalue weighted by atomic mass is 9.73. The first-order valence-electron chi connectivity index (χ1n) is 6.96. The Hall–Kier alpha value is -0.410. The maximum absolute atomic E-state index is 4.85. The van der Waals surface area contributed by atoms with Crippen LogP contribution in [0.5, 0.6) is 0 Å². The molecular weight excluding hydrogens is 240 g/mol. The van der Waals surface area contributed by atoms with Gasteiger partial charge in [-0.1, -0.05) is 34.6 Å². The summed E-state index contributed by atoms with van der Waals surface area (Å²) in [6, 6.07) is 0. The first-order valence-corrected chi connectivity index (χ1v) is 7.84. The highest BCUT2D eigenvalue weighted by atomic mass is 32.1. The molecule has 0 bridgehead atoms. The molecule has 0 amide bonds. The molecule has 2 rings (SSSR count). The zero-order chi connectivity index (χ0) is 13.4. The Bertz CT molecular complexity index is 397. The number of rotatable bonds is 4. The average Bonchev–Trinajstić information content (AvgIpc) is 2.61. The van der Waals surface area contributed by atoms with Crippen molar-refractivity contribution in [2.75, 3.05) is 13.1 Å². The fourth-order valence-corrected chi connectivity index (χ4v) is 3.94. The highest BCUT2D eigenvalue weighted by molar-refractivity contribution is 7.09. The van der Waals surface area contributed by atoms with Gasteiger partial charge in [-0.3, -0.25) is 0 Å². The number of aromatic nitrogens is 1. The molecule has 0 aromatic carbocycles. The van der Waals surface area contributed by atoms with Crippen molar-refractivity contribution >= 4 is 11.3 Å². The van der Waals surface area contributed by atoms with Gasteiger partial charge in [0.1, 0.15) is 0 Å². The van der Waals surface area contributed by atoms with E-state index in [0.717, 1.165) is 25.4 Å². The molecule has 1 aliphatic rings. The third kappa shape index (κ3) is 3.12. The summed E-state index contributed by atoms with van der Waals surface area (Å²) in [4.78, 5) is 4.85. The van der Waals surface area contributed by atoms with Gasteiger partial charge in [0.2, 0.25) is 0 Å². The van der Waals surface area contributed by atoms with E-state index in [-0.39, 0.29) is 5.41 Å². The van der Waals surface area contributed by atoms with Crippen molar-refractivity contribution in [2.45, 2.75) is 52.9 Å². The molecule has 102 valence electrons. The predicted octanol–water partition coefficient (Wildman–Crippen LogP) is 3.62. The zero-order valence-corrected chi connectivity index (χ0v) is 13.2. The Morgan fingerprint density at radius 1 is 1.39 bits per heavy atom. The average molecular weight is 266 g/mol. The normalized spacial score (nSPS) is 19.0. The predicted molar refractivity (Wildman–Crippen MR) is 79.3 cm³/mol. The van der Waals surface area contributed by atoms with Crippen LogP contribution in [0.4, 0.5) is 0 Å². The fraction of sp³-hybridized carbons (Fsp3) is 0.800.